The number of amides is 4. The molecule has 0 saturated heterocycles. The second-order valence-corrected chi connectivity index (χ2v) is 8.62. The minimum atomic E-state index is -1.21. The first-order valence-corrected chi connectivity index (χ1v) is 11.1. The van der Waals surface area contributed by atoms with Gasteiger partial charge in [-0.3, -0.25) is 24.0 Å². The number of carboxylic acids is 1. The summed E-state index contributed by atoms with van der Waals surface area (Å²) in [5, 5.41) is 16.7. The Labute approximate surface area is 199 Å². The fourth-order valence-electron chi connectivity index (χ4n) is 3.12. The highest BCUT2D eigenvalue weighted by Crippen LogP contribution is 2.09. The van der Waals surface area contributed by atoms with Gasteiger partial charge in [-0.2, -0.15) is 0 Å². The Hall–Kier alpha value is -3.47. The van der Waals surface area contributed by atoms with Gasteiger partial charge in [-0.1, -0.05) is 44.2 Å². The summed E-state index contributed by atoms with van der Waals surface area (Å²) in [6.07, 6.45) is 0.325. The summed E-state index contributed by atoms with van der Waals surface area (Å²) in [6, 6.07) is 4.69. The maximum Gasteiger partial charge on any atom is 0.325 e. The zero-order valence-corrected chi connectivity index (χ0v) is 19.7. The van der Waals surface area contributed by atoms with E-state index in [0.29, 0.717) is 0 Å². The molecule has 11 heteroatoms. The van der Waals surface area contributed by atoms with E-state index >= 15 is 0 Å². The van der Waals surface area contributed by atoms with E-state index in [1.807, 2.05) is 19.9 Å². The molecule has 8 N–H and O–H groups in total. The summed E-state index contributed by atoms with van der Waals surface area (Å²) in [4.78, 5) is 60.5. The molecule has 0 aliphatic rings. The summed E-state index contributed by atoms with van der Waals surface area (Å²) >= 11 is 0. The predicted octanol–water partition coefficient (Wildman–Crippen LogP) is -0.573. The topological polar surface area (TPSA) is 194 Å². The van der Waals surface area contributed by atoms with Gasteiger partial charge in [0.2, 0.25) is 23.6 Å². The van der Waals surface area contributed by atoms with Crippen LogP contribution in [0.2, 0.25) is 0 Å². The van der Waals surface area contributed by atoms with Gasteiger partial charge in [0.25, 0.3) is 0 Å². The lowest BCUT2D eigenvalue weighted by atomic mass is 10.0. The lowest BCUT2D eigenvalue weighted by molar-refractivity contribution is -0.142. The van der Waals surface area contributed by atoms with Crippen LogP contribution in [0.15, 0.2) is 30.3 Å². The van der Waals surface area contributed by atoms with Gasteiger partial charge in [0, 0.05) is 12.8 Å². The number of aliphatic carboxylic acids is 1. The first kappa shape index (κ1) is 28.6. The molecule has 0 fully saturated rings. The van der Waals surface area contributed by atoms with E-state index < -0.39 is 53.8 Å². The Kier molecular flexibility index (Phi) is 11.7. The third kappa shape index (κ3) is 10.4. The molecule has 0 heterocycles. The molecule has 0 aliphatic carbocycles. The fraction of sp³-hybridized carbons (Fsp3) is 0.522. The van der Waals surface area contributed by atoms with Crippen LogP contribution < -0.4 is 27.4 Å². The number of rotatable bonds is 14. The van der Waals surface area contributed by atoms with Crippen molar-refractivity contribution >= 4 is 29.6 Å². The van der Waals surface area contributed by atoms with Crippen LogP contribution in [-0.2, 0) is 30.4 Å². The quantitative estimate of drug-likeness (QED) is 0.206. The van der Waals surface area contributed by atoms with Gasteiger partial charge in [-0.25, -0.2) is 0 Å². The normalized spacial score (nSPS) is 14.4. The Morgan fingerprint density at radius 2 is 1.44 bits per heavy atom. The number of primary amides is 1. The summed E-state index contributed by atoms with van der Waals surface area (Å²) in [7, 11) is 0. The monoisotopic (exact) mass is 477 g/mol. The van der Waals surface area contributed by atoms with Crippen LogP contribution in [0, 0.1) is 5.92 Å². The molecule has 188 valence electrons. The van der Waals surface area contributed by atoms with Crippen molar-refractivity contribution in [2.24, 2.45) is 17.4 Å². The van der Waals surface area contributed by atoms with Crippen molar-refractivity contribution in [2.75, 3.05) is 0 Å². The van der Waals surface area contributed by atoms with Gasteiger partial charge in [0.15, 0.2) is 0 Å². The molecular formula is C23H35N5O6. The SMILES string of the molecule is CC(C)CC(NC(=O)C(Cc1ccccc1)NC(=O)C(N)CCC(N)=O)C(=O)NC(C)C(=O)O. The molecule has 0 spiro atoms. The van der Waals surface area contributed by atoms with Crippen molar-refractivity contribution in [1.29, 1.82) is 0 Å². The van der Waals surface area contributed by atoms with Crippen molar-refractivity contribution in [3.8, 4) is 0 Å². The summed E-state index contributed by atoms with van der Waals surface area (Å²) < 4.78 is 0. The Balaban J connectivity index is 3.03. The highest BCUT2D eigenvalue weighted by Gasteiger charge is 2.30. The third-order valence-corrected chi connectivity index (χ3v) is 5.02. The van der Waals surface area contributed by atoms with Crippen LogP contribution in [-0.4, -0.2) is 58.9 Å². The standard InChI is InChI=1S/C23H35N5O6/c1-13(2)11-17(21(31)26-14(3)23(33)34)28-22(32)18(12-15-7-5-4-6-8-15)27-20(30)16(24)9-10-19(25)29/h4-8,13-14,16-18H,9-12,24H2,1-3H3,(H2,25,29)(H,26,31)(H,27,30)(H,28,32)(H,33,34). The first-order chi connectivity index (χ1) is 15.9. The Morgan fingerprint density at radius 3 is 1.97 bits per heavy atom. The maximum atomic E-state index is 13.2. The fourth-order valence-corrected chi connectivity index (χ4v) is 3.12. The largest absolute Gasteiger partial charge is 0.480 e. The van der Waals surface area contributed by atoms with Gasteiger partial charge in [0.05, 0.1) is 6.04 Å². The zero-order valence-electron chi connectivity index (χ0n) is 19.7. The van der Waals surface area contributed by atoms with Crippen molar-refractivity contribution in [1.82, 2.24) is 16.0 Å². The van der Waals surface area contributed by atoms with Gasteiger partial charge < -0.3 is 32.5 Å². The lowest BCUT2D eigenvalue weighted by Gasteiger charge is -2.25. The Bertz CT molecular complexity index is 861. The van der Waals surface area contributed by atoms with E-state index in [4.69, 9.17) is 16.6 Å². The van der Waals surface area contributed by atoms with Crippen molar-refractivity contribution in [3.63, 3.8) is 0 Å². The maximum absolute atomic E-state index is 13.2. The van der Waals surface area contributed by atoms with Crippen LogP contribution in [0.5, 0.6) is 0 Å². The number of nitrogens with one attached hydrogen (secondary N) is 3. The summed E-state index contributed by atoms with van der Waals surface area (Å²) in [6.45, 7) is 5.03. The highest BCUT2D eigenvalue weighted by molar-refractivity contribution is 5.94. The Morgan fingerprint density at radius 1 is 0.882 bits per heavy atom. The first-order valence-electron chi connectivity index (χ1n) is 11.1. The molecule has 0 aliphatic heterocycles. The summed E-state index contributed by atoms with van der Waals surface area (Å²) in [5.74, 6) is -3.69. The number of benzene rings is 1. The molecular weight excluding hydrogens is 442 g/mol. The minimum absolute atomic E-state index is 0.0144. The van der Waals surface area contributed by atoms with E-state index in [-0.39, 0.29) is 31.6 Å². The van der Waals surface area contributed by atoms with E-state index in [9.17, 15) is 24.0 Å². The molecule has 4 unspecified atom stereocenters. The zero-order chi connectivity index (χ0) is 25.8. The molecule has 0 radical (unpaired) electrons. The third-order valence-electron chi connectivity index (χ3n) is 5.02. The smallest absolute Gasteiger partial charge is 0.325 e. The van der Waals surface area contributed by atoms with E-state index in [0.717, 1.165) is 5.56 Å². The molecule has 0 saturated carbocycles. The number of carboxylic acid groups (broad SMARTS) is 1. The number of carbonyl (C=O) groups is 5. The molecule has 11 nitrogen and oxygen atoms in total. The number of hydrogen-bond acceptors (Lipinski definition) is 6. The average Bonchev–Trinajstić information content (AvgIpc) is 2.76. The van der Waals surface area contributed by atoms with Crippen LogP contribution in [0.1, 0.15) is 45.6 Å². The van der Waals surface area contributed by atoms with E-state index in [1.165, 1.54) is 6.92 Å². The second kappa shape index (κ2) is 13.9. The molecule has 0 bridgehead atoms. The number of hydrogen-bond donors (Lipinski definition) is 6. The molecule has 1 aromatic carbocycles. The summed E-state index contributed by atoms with van der Waals surface area (Å²) in [5.41, 5.74) is 11.7. The second-order valence-electron chi connectivity index (χ2n) is 8.62. The van der Waals surface area contributed by atoms with Crippen LogP contribution >= 0.6 is 0 Å². The van der Waals surface area contributed by atoms with Crippen molar-refractivity contribution in [3.05, 3.63) is 35.9 Å². The van der Waals surface area contributed by atoms with Crippen LogP contribution in [0.3, 0.4) is 0 Å². The van der Waals surface area contributed by atoms with Crippen molar-refractivity contribution in [2.45, 2.75) is 70.6 Å². The van der Waals surface area contributed by atoms with Gasteiger partial charge >= 0.3 is 5.97 Å². The predicted molar refractivity (Wildman–Crippen MR) is 125 cm³/mol. The van der Waals surface area contributed by atoms with Crippen LogP contribution in [0.25, 0.3) is 0 Å². The molecule has 0 aromatic heterocycles. The van der Waals surface area contributed by atoms with E-state index in [2.05, 4.69) is 16.0 Å². The molecule has 34 heavy (non-hydrogen) atoms. The molecule has 4 atom stereocenters. The number of nitrogens with two attached hydrogens (primary N) is 2. The van der Waals surface area contributed by atoms with Gasteiger partial charge in [0.1, 0.15) is 18.1 Å². The lowest BCUT2D eigenvalue weighted by Crippen LogP contribution is -2.57. The molecule has 1 aromatic rings. The highest BCUT2D eigenvalue weighted by atomic mass is 16.4. The van der Waals surface area contributed by atoms with Gasteiger partial charge in [-0.05, 0) is 31.2 Å². The average molecular weight is 478 g/mol. The minimum Gasteiger partial charge on any atom is -0.480 e. The molecule has 4 amide bonds. The van der Waals surface area contributed by atoms with Gasteiger partial charge in [-0.15, -0.1) is 0 Å². The van der Waals surface area contributed by atoms with Crippen molar-refractivity contribution < 1.29 is 29.1 Å². The number of carbonyl (C=O) groups excluding carboxylic acids is 4. The van der Waals surface area contributed by atoms with E-state index in [1.54, 1.807) is 24.3 Å². The van der Waals surface area contributed by atoms with Crippen LogP contribution in [0.4, 0.5) is 0 Å². The molecule has 1 rings (SSSR count).